The molecule has 1 atom stereocenters. The molecule has 0 saturated heterocycles. The van der Waals surface area contributed by atoms with Gasteiger partial charge < -0.3 is 0 Å². The van der Waals surface area contributed by atoms with Gasteiger partial charge in [-0.3, -0.25) is 10.2 Å². The molecule has 0 aromatic heterocycles. The lowest BCUT2D eigenvalue weighted by Gasteiger charge is -2.30. The van der Waals surface area contributed by atoms with Gasteiger partial charge in [-0.05, 0) is 27.8 Å². The van der Waals surface area contributed by atoms with Gasteiger partial charge in [-0.25, -0.2) is 0 Å². The van der Waals surface area contributed by atoms with E-state index in [1.807, 2.05) is 19.9 Å². The molecule has 0 radical (unpaired) electrons. The number of hydrogen-bond acceptors (Lipinski definition) is 3. The van der Waals surface area contributed by atoms with Crippen LogP contribution < -0.4 is 5.32 Å². The van der Waals surface area contributed by atoms with Crippen LogP contribution in [0.5, 0.6) is 0 Å². The Labute approximate surface area is 94.2 Å². The maximum absolute atomic E-state index is 12.1. The molecule has 1 N–H and O–H groups in total. The monoisotopic (exact) mass is 237 g/mol. The maximum Gasteiger partial charge on any atom is 0.401 e. The number of halogens is 3. The van der Waals surface area contributed by atoms with Crippen molar-refractivity contribution in [2.75, 3.05) is 20.1 Å². The standard InChI is InChI=1S/C10H18F3N3/c1-8(2)15-9(3,5-14)6-16(4)7-10(11,12)13/h8,15H,6-7H2,1-4H3. The smallest absolute Gasteiger partial charge is 0.296 e. The Balaban J connectivity index is 4.38. The lowest BCUT2D eigenvalue weighted by Crippen LogP contribution is -2.53. The first-order chi connectivity index (χ1) is 7.08. The third-order valence-corrected chi connectivity index (χ3v) is 1.89. The highest BCUT2D eigenvalue weighted by Crippen LogP contribution is 2.17. The van der Waals surface area contributed by atoms with Crippen LogP contribution in [-0.4, -0.2) is 42.8 Å². The van der Waals surface area contributed by atoms with E-state index in [9.17, 15) is 13.2 Å². The number of nitriles is 1. The van der Waals surface area contributed by atoms with E-state index in [-0.39, 0.29) is 12.6 Å². The molecule has 94 valence electrons. The number of likely N-dealkylation sites (N-methyl/N-ethyl adjacent to an activating group) is 1. The third kappa shape index (κ3) is 6.64. The van der Waals surface area contributed by atoms with Crippen molar-refractivity contribution in [3.63, 3.8) is 0 Å². The lowest BCUT2D eigenvalue weighted by molar-refractivity contribution is -0.144. The second-order valence-electron chi connectivity index (χ2n) is 4.53. The Morgan fingerprint density at radius 3 is 2.12 bits per heavy atom. The van der Waals surface area contributed by atoms with E-state index in [4.69, 9.17) is 5.26 Å². The summed E-state index contributed by atoms with van der Waals surface area (Å²) in [6.07, 6.45) is -4.23. The molecule has 3 nitrogen and oxygen atoms in total. The number of alkyl halides is 3. The lowest BCUT2D eigenvalue weighted by atomic mass is 10.0. The quantitative estimate of drug-likeness (QED) is 0.792. The zero-order valence-electron chi connectivity index (χ0n) is 10.0. The van der Waals surface area contributed by atoms with Crippen molar-refractivity contribution in [3.8, 4) is 6.07 Å². The van der Waals surface area contributed by atoms with Gasteiger partial charge in [0.15, 0.2) is 0 Å². The van der Waals surface area contributed by atoms with Crippen LogP contribution in [0.2, 0.25) is 0 Å². The van der Waals surface area contributed by atoms with Crippen molar-refractivity contribution in [1.82, 2.24) is 10.2 Å². The minimum Gasteiger partial charge on any atom is -0.296 e. The summed E-state index contributed by atoms with van der Waals surface area (Å²) in [5.41, 5.74) is -0.964. The van der Waals surface area contributed by atoms with Gasteiger partial charge >= 0.3 is 6.18 Å². The molecule has 0 saturated carbocycles. The average Bonchev–Trinajstić information content (AvgIpc) is 1.98. The average molecular weight is 237 g/mol. The van der Waals surface area contributed by atoms with E-state index >= 15 is 0 Å². The van der Waals surface area contributed by atoms with Crippen LogP contribution in [0.1, 0.15) is 20.8 Å². The largest absolute Gasteiger partial charge is 0.401 e. The fraction of sp³-hybridized carbons (Fsp3) is 0.900. The zero-order chi connectivity index (χ0) is 13.0. The first-order valence-electron chi connectivity index (χ1n) is 5.02. The van der Waals surface area contributed by atoms with Gasteiger partial charge in [0.25, 0.3) is 0 Å². The molecular weight excluding hydrogens is 219 g/mol. The molecule has 6 heteroatoms. The van der Waals surface area contributed by atoms with Crippen molar-refractivity contribution in [1.29, 1.82) is 5.26 Å². The van der Waals surface area contributed by atoms with Crippen molar-refractivity contribution in [2.24, 2.45) is 0 Å². The summed E-state index contributed by atoms with van der Waals surface area (Å²) in [4.78, 5) is 1.10. The Hall–Kier alpha value is -0.800. The first-order valence-corrected chi connectivity index (χ1v) is 5.02. The second kappa shape index (κ2) is 5.51. The Kier molecular flexibility index (Phi) is 5.23. The maximum atomic E-state index is 12.1. The van der Waals surface area contributed by atoms with Crippen molar-refractivity contribution < 1.29 is 13.2 Å². The van der Waals surface area contributed by atoms with E-state index in [0.29, 0.717) is 0 Å². The first kappa shape index (κ1) is 15.2. The topological polar surface area (TPSA) is 39.1 Å². The summed E-state index contributed by atoms with van der Waals surface area (Å²) in [7, 11) is 1.35. The van der Waals surface area contributed by atoms with Gasteiger partial charge in [0.2, 0.25) is 0 Å². The van der Waals surface area contributed by atoms with Crippen LogP contribution in [0.15, 0.2) is 0 Å². The predicted molar refractivity (Wildman–Crippen MR) is 55.8 cm³/mol. The van der Waals surface area contributed by atoms with Crippen molar-refractivity contribution in [2.45, 2.75) is 38.5 Å². The Bertz CT molecular complexity index is 257. The van der Waals surface area contributed by atoms with E-state index in [1.165, 1.54) is 7.05 Å². The van der Waals surface area contributed by atoms with Crippen molar-refractivity contribution in [3.05, 3.63) is 0 Å². The second-order valence-corrected chi connectivity index (χ2v) is 4.53. The molecular formula is C10H18F3N3. The fourth-order valence-electron chi connectivity index (χ4n) is 1.65. The molecule has 0 bridgehead atoms. The van der Waals surface area contributed by atoms with Gasteiger partial charge in [-0.1, -0.05) is 0 Å². The summed E-state index contributed by atoms with van der Waals surface area (Å²) < 4.78 is 36.3. The molecule has 0 rings (SSSR count). The molecule has 0 aliphatic carbocycles. The molecule has 0 amide bonds. The number of rotatable bonds is 5. The van der Waals surface area contributed by atoms with Crippen LogP contribution >= 0.6 is 0 Å². The highest BCUT2D eigenvalue weighted by Gasteiger charge is 2.33. The molecule has 0 aliphatic heterocycles. The Morgan fingerprint density at radius 2 is 1.81 bits per heavy atom. The minimum atomic E-state index is -4.23. The number of nitrogens with one attached hydrogen (secondary N) is 1. The van der Waals surface area contributed by atoms with E-state index in [2.05, 4.69) is 5.32 Å². The predicted octanol–water partition coefficient (Wildman–Crippen LogP) is 1.76. The van der Waals surface area contributed by atoms with Gasteiger partial charge in [0.1, 0.15) is 5.54 Å². The third-order valence-electron chi connectivity index (χ3n) is 1.89. The van der Waals surface area contributed by atoms with Crippen molar-refractivity contribution >= 4 is 0 Å². The van der Waals surface area contributed by atoms with Gasteiger partial charge in [-0.2, -0.15) is 18.4 Å². The normalized spacial score (nSPS) is 16.2. The molecule has 0 spiro atoms. The summed E-state index contributed by atoms with van der Waals surface area (Å²) in [5.74, 6) is 0. The number of hydrogen-bond donors (Lipinski definition) is 1. The summed E-state index contributed by atoms with van der Waals surface area (Å²) in [6, 6.07) is 2.05. The van der Waals surface area contributed by atoms with Crippen LogP contribution in [0.3, 0.4) is 0 Å². The molecule has 0 aromatic carbocycles. The van der Waals surface area contributed by atoms with Crippen LogP contribution in [0.4, 0.5) is 13.2 Å². The molecule has 1 unspecified atom stereocenters. The van der Waals surface area contributed by atoms with E-state index in [1.54, 1.807) is 6.92 Å². The van der Waals surface area contributed by atoms with E-state index < -0.39 is 18.3 Å². The molecule has 0 aromatic rings. The molecule has 0 aliphatic rings. The summed E-state index contributed by atoms with van der Waals surface area (Å²) >= 11 is 0. The molecule has 16 heavy (non-hydrogen) atoms. The van der Waals surface area contributed by atoms with Crippen LogP contribution in [-0.2, 0) is 0 Å². The van der Waals surface area contributed by atoms with Gasteiger partial charge in [0.05, 0.1) is 12.6 Å². The minimum absolute atomic E-state index is 0.0290. The van der Waals surface area contributed by atoms with Gasteiger partial charge in [-0.15, -0.1) is 0 Å². The van der Waals surface area contributed by atoms with E-state index in [0.717, 1.165) is 4.90 Å². The highest BCUT2D eigenvalue weighted by atomic mass is 19.4. The number of nitrogens with zero attached hydrogens (tertiary/aromatic N) is 2. The van der Waals surface area contributed by atoms with Crippen LogP contribution in [0.25, 0.3) is 0 Å². The highest BCUT2D eigenvalue weighted by molar-refractivity contribution is 5.06. The summed E-state index contributed by atoms with van der Waals surface area (Å²) in [5, 5.41) is 11.9. The summed E-state index contributed by atoms with van der Waals surface area (Å²) in [6.45, 7) is 4.31. The Morgan fingerprint density at radius 1 is 1.31 bits per heavy atom. The molecule has 0 heterocycles. The van der Waals surface area contributed by atoms with Gasteiger partial charge in [0, 0.05) is 12.6 Å². The zero-order valence-corrected chi connectivity index (χ0v) is 10.0. The fourth-order valence-corrected chi connectivity index (χ4v) is 1.65. The SMILES string of the molecule is CC(C)NC(C)(C#N)CN(C)CC(F)(F)F. The molecule has 0 fully saturated rings. The van der Waals surface area contributed by atoms with Crippen LogP contribution in [0, 0.1) is 11.3 Å².